The SMILES string of the molecule is CCOCC(NC(=O)c1csc(S(N)(=O)=O)c1)C(C)C. The van der Waals surface area contributed by atoms with Gasteiger partial charge in [0.25, 0.3) is 5.91 Å². The fourth-order valence-corrected chi connectivity index (χ4v) is 3.07. The number of thiophene rings is 1. The molecule has 0 spiro atoms. The molecule has 0 aromatic carbocycles. The Morgan fingerprint density at radius 1 is 1.50 bits per heavy atom. The highest BCUT2D eigenvalue weighted by Crippen LogP contribution is 2.19. The molecule has 0 bridgehead atoms. The Morgan fingerprint density at radius 2 is 2.15 bits per heavy atom. The fourth-order valence-electron chi connectivity index (χ4n) is 1.48. The van der Waals surface area contributed by atoms with E-state index >= 15 is 0 Å². The zero-order chi connectivity index (χ0) is 15.3. The standard InChI is InChI=1S/C12H20N2O4S2/c1-4-18-6-10(8(2)3)14-12(15)9-5-11(19-7-9)20(13,16)17/h5,7-8,10H,4,6H2,1-3H3,(H,14,15)(H2,13,16,17). The molecule has 1 atom stereocenters. The number of hydrogen-bond donors (Lipinski definition) is 2. The van der Waals surface area contributed by atoms with Crippen LogP contribution in [0.3, 0.4) is 0 Å². The second-order valence-corrected chi connectivity index (χ2v) is 7.38. The maximum atomic E-state index is 12.1. The van der Waals surface area contributed by atoms with Crippen molar-refractivity contribution in [2.45, 2.75) is 31.0 Å². The zero-order valence-corrected chi connectivity index (χ0v) is 13.4. The van der Waals surface area contributed by atoms with Crippen LogP contribution in [0, 0.1) is 5.92 Å². The van der Waals surface area contributed by atoms with Gasteiger partial charge in [0.15, 0.2) is 0 Å². The summed E-state index contributed by atoms with van der Waals surface area (Å²) in [5.41, 5.74) is 0.293. The summed E-state index contributed by atoms with van der Waals surface area (Å²) in [4.78, 5) is 12.1. The molecule has 1 heterocycles. The molecule has 1 amide bonds. The average Bonchev–Trinajstić information content (AvgIpc) is 2.83. The van der Waals surface area contributed by atoms with Gasteiger partial charge in [-0.15, -0.1) is 11.3 Å². The molecule has 0 aliphatic rings. The Hall–Kier alpha value is -0.960. The van der Waals surface area contributed by atoms with Crippen LogP contribution >= 0.6 is 11.3 Å². The molecule has 20 heavy (non-hydrogen) atoms. The van der Waals surface area contributed by atoms with Crippen LogP contribution in [-0.4, -0.2) is 33.6 Å². The van der Waals surface area contributed by atoms with Crippen LogP contribution < -0.4 is 10.5 Å². The highest BCUT2D eigenvalue weighted by molar-refractivity contribution is 7.91. The van der Waals surface area contributed by atoms with E-state index in [4.69, 9.17) is 9.88 Å². The van der Waals surface area contributed by atoms with Crippen molar-refractivity contribution in [3.05, 3.63) is 17.0 Å². The summed E-state index contributed by atoms with van der Waals surface area (Å²) >= 11 is 0.933. The third-order valence-corrected chi connectivity index (χ3v) is 5.13. The van der Waals surface area contributed by atoms with E-state index in [1.807, 2.05) is 20.8 Å². The van der Waals surface area contributed by atoms with E-state index in [2.05, 4.69) is 5.32 Å². The molecular formula is C12H20N2O4S2. The second-order valence-electron chi connectivity index (χ2n) is 4.68. The van der Waals surface area contributed by atoms with Crippen molar-refractivity contribution in [2.24, 2.45) is 11.1 Å². The van der Waals surface area contributed by atoms with Crippen molar-refractivity contribution in [2.75, 3.05) is 13.2 Å². The molecule has 1 rings (SSSR count). The second kappa shape index (κ2) is 7.16. The van der Waals surface area contributed by atoms with Gasteiger partial charge >= 0.3 is 0 Å². The van der Waals surface area contributed by atoms with E-state index in [0.29, 0.717) is 18.8 Å². The molecular weight excluding hydrogens is 300 g/mol. The molecule has 6 nitrogen and oxygen atoms in total. The molecule has 0 saturated heterocycles. The van der Waals surface area contributed by atoms with Gasteiger partial charge < -0.3 is 10.1 Å². The number of sulfonamides is 1. The zero-order valence-electron chi connectivity index (χ0n) is 11.8. The molecule has 0 aliphatic heterocycles. The van der Waals surface area contributed by atoms with Gasteiger partial charge in [-0.1, -0.05) is 13.8 Å². The number of hydrogen-bond acceptors (Lipinski definition) is 5. The molecule has 1 aromatic rings. The molecule has 0 saturated carbocycles. The van der Waals surface area contributed by atoms with Gasteiger partial charge in [-0.25, -0.2) is 13.6 Å². The summed E-state index contributed by atoms with van der Waals surface area (Å²) in [5, 5.41) is 9.34. The van der Waals surface area contributed by atoms with Gasteiger partial charge in [-0.3, -0.25) is 4.79 Å². The minimum absolute atomic E-state index is 0.0199. The summed E-state index contributed by atoms with van der Waals surface area (Å²) in [7, 11) is -3.76. The maximum Gasteiger partial charge on any atom is 0.252 e. The molecule has 0 aliphatic carbocycles. The lowest BCUT2D eigenvalue weighted by atomic mass is 10.1. The third-order valence-electron chi connectivity index (χ3n) is 2.74. The van der Waals surface area contributed by atoms with Crippen molar-refractivity contribution in [3.63, 3.8) is 0 Å². The normalized spacial score (nSPS) is 13.4. The number of primary sulfonamides is 1. The summed E-state index contributed by atoms with van der Waals surface area (Å²) < 4.78 is 27.7. The van der Waals surface area contributed by atoms with Gasteiger partial charge in [0.2, 0.25) is 10.0 Å². The summed E-state index contributed by atoms with van der Waals surface area (Å²) in [6.45, 7) is 6.84. The van der Waals surface area contributed by atoms with E-state index in [-0.39, 0.29) is 22.1 Å². The fraction of sp³-hybridized carbons (Fsp3) is 0.583. The van der Waals surface area contributed by atoms with Crippen LogP contribution in [0.15, 0.2) is 15.7 Å². The smallest absolute Gasteiger partial charge is 0.252 e. The first-order valence-corrected chi connectivity index (χ1v) is 8.68. The highest BCUT2D eigenvalue weighted by atomic mass is 32.2. The van der Waals surface area contributed by atoms with Crippen LogP contribution in [0.4, 0.5) is 0 Å². The largest absolute Gasteiger partial charge is 0.380 e. The predicted octanol–water partition coefficient (Wildman–Crippen LogP) is 1.19. The molecule has 8 heteroatoms. The number of carbonyl (C=O) groups is 1. The van der Waals surface area contributed by atoms with Crippen LogP contribution in [0.1, 0.15) is 31.1 Å². The average molecular weight is 320 g/mol. The quantitative estimate of drug-likeness (QED) is 0.788. The third kappa shape index (κ3) is 4.86. The Balaban J connectivity index is 2.76. The van der Waals surface area contributed by atoms with Gasteiger partial charge in [0.1, 0.15) is 4.21 Å². The first-order valence-electron chi connectivity index (χ1n) is 6.25. The van der Waals surface area contributed by atoms with Crippen molar-refractivity contribution >= 4 is 27.3 Å². The van der Waals surface area contributed by atoms with Crippen LogP contribution in [0.5, 0.6) is 0 Å². The van der Waals surface area contributed by atoms with Gasteiger partial charge in [-0.2, -0.15) is 0 Å². The predicted molar refractivity (Wildman–Crippen MR) is 78.3 cm³/mol. The van der Waals surface area contributed by atoms with Crippen LogP contribution in [-0.2, 0) is 14.8 Å². The molecule has 3 N–H and O–H groups in total. The number of nitrogens with one attached hydrogen (secondary N) is 1. The summed E-state index contributed by atoms with van der Waals surface area (Å²) in [5.74, 6) is -0.114. The molecule has 0 radical (unpaired) electrons. The monoisotopic (exact) mass is 320 g/mol. The molecule has 1 unspecified atom stereocenters. The molecule has 1 aromatic heterocycles. The minimum atomic E-state index is -3.76. The van der Waals surface area contributed by atoms with Crippen molar-refractivity contribution in [1.82, 2.24) is 5.32 Å². The van der Waals surface area contributed by atoms with Crippen molar-refractivity contribution in [1.29, 1.82) is 0 Å². The molecule has 114 valence electrons. The van der Waals surface area contributed by atoms with Crippen molar-refractivity contribution in [3.8, 4) is 0 Å². The first kappa shape index (κ1) is 17.1. The summed E-state index contributed by atoms with van der Waals surface area (Å²) in [6.07, 6.45) is 0. The lowest BCUT2D eigenvalue weighted by Gasteiger charge is -2.21. The molecule has 0 fully saturated rings. The lowest BCUT2D eigenvalue weighted by Crippen LogP contribution is -2.41. The Kier molecular flexibility index (Phi) is 6.12. The number of ether oxygens (including phenoxy) is 1. The van der Waals surface area contributed by atoms with Crippen molar-refractivity contribution < 1.29 is 17.9 Å². The van der Waals surface area contributed by atoms with Crippen LogP contribution in [0.25, 0.3) is 0 Å². The topological polar surface area (TPSA) is 98.5 Å². The maximum absolute atomic E-state index is 12.1. The number of amides is 1. The first-order chi connectivity index (χ1) is 9.25. The van der Waals surface area contributed by atoms with E-state index in [1.165, 1.54) is 11.4 Å². The number of rotatable bonds is 7. The highest BCUT2D eigenvalue weighted by Gasteiger charge is 2.20. The Bertz CT molecular complexity index is 552. The van der Waals surface area contributed by atoms with E-state index in [1.54, 1.807) is 0 Å². The lowest BCUT2D eigenvalue weighted by molar-refractivity contribution is 0.0806. The van der Waals surface area contributed by atoms with Gasteiger partial charge in [0, 0.05) is 12.0 Å². The Labute approximate surface area is 123 Å². The minimum Gasteiger partial charge on any atom is -0.380 e. The van der Waals surface area contributed by atoms with Crippen LogP contribution in [0.2, 0.25) is 0 Å². The summed E-state index contributed by atoms with van der Waals surface area (Å²) in [6, 6.07) is 1.16. The van der Waals surface area contributed by atoms with Gasteiger partial charge in [0.05, 0.1) is 18.2 Å². The van der Waals surface area contributed by atoms with E-state index < -0.39 is 10.0 Å². The van der Waals surface area contributed by atoms with E-state index in [0.717, 1.165) is 11.3 Å². The van der Waals surface area contributed by atoms with Gasteiger partial charge in [-0.05, 0) is 18.9 Å². The number of carbonyl (C=O) groups excluding carboxylic acids is 1. The number of nitrogens with two attached hydrogens (primary N) is 1. The van der Waals surface area contributed by atoms with E-state index in [9.17, 15) is 13.2 Å². The Morgan fingerprint density at radius 3 is 2.60 bits per heavy atom.